The minimum atomic E-state index is -0.468. The first-order valence-electron chi connectivity index (χ1n) is 9.80. The lowest BCUT2D eigenvalue weighted by atomic mass is 9.91. The topological polar surface area (TPSA) is 44.4 Å². The average molecular weight is 365 g/mol. The molecule has 0 aromatic heterocycles. The van der Waals surface area contributed by atoms with Gasteiger partial charge in [-0.3, -0.25) is 15.6 Å². The number of benzene rings is 1. The van der Waals surface area contributed by atoms with Crippen LogP contribution in [0.25, 0.3) is 0 Å². The zero-order valence-corrected chi connectivity index (χ0v) is 15.3. The van der Waals surface area contributed by atoms with Gasteiger partial charge < -0.3 is 4.90 Å². The van der Waals surface area contributed by atoms with Crippen LogP contribution in [-0.2, 0) is 11.2 Å². The number of rotatable bonds is 7. The monoisotopic (exact) mass is 365 g/mol. The maximum atomic E-state index is 13.8. The Bertz CT molecular complexity index is 584. The third-order valence-corrected chi connectivity index (χ3v) is 5.65. The lowest BCUT2D eigenvalue weighted by Gasteiger charge is -2.33. The summed E-state index contributed by atoms with van der Waals surface area (Å²) >= 11 is 0. The number of carbonyl (C=O) groups excluding carboxylic acids is 1. The third-order valence-electron chi connectivity index (χ3n) is 5.65. The first-order chi connectivity index (χ1) is 12.6. The molecule has 1 amide bonds. The zero-order valence-electron chi connectivity index (χ0n) is 15.3. The predicted molar refractivity (Wildman–Crippen MR) is 97.3 cm³/mol. The molecule has 26 heavy (non-hydrogen) atoms. The van der Waals surface area contributed by atoms with Crippen LogP contribution in [0.1, 0.15) is 44.1 Å². The summed E-state index contributed by atoms with van der Waals surface area (Å²) in [5, 5.41) is 0. The van der Waals surface area contributed by atoms with E-state index in [2.05, 4.69) is 10.9 Å². The number of amides is 1. The second-order valence-corrected chi connectivity index (χ2v) is 7.61. The van der Waals surface area contributed by atoms with Gasteiger partial charge in [0, 0.05) is 38.2 Å². The molecule has 2 fully saturated rings. The molecule has 1 aromatic carbocycles. The predicted octanol–water partition coefficient (Wildman–Crippen LogP) is 3.03. The van der Waals surface area contributed by atoms with Gasteiger partial charge in [-0.25, -0.2) is 8.78 Å². The average Bonchev–Trinajstić information content (AvgIpc) is 3.15. The third kappa shape index (κ3) is 5.24. The molecule has 2 aliphatic rings. The quantitative estimate of drug-likeness (QED) is 0.781. The maximum Gasteiger partial charge on any atom is 0.222 e. The van der Waals surface area contributed by atoms with Gasteiger partial charge in [0.25, 0.3) is 0 Å². The smallest absolute Gasteiger partial charge is 0.222 e. The Morgan fingerprint density at radius 3 is 2.58 bits per heavy atom. The number of halogens is 2. The molecule has 1 atom stereocenters. The van der Waals surface area contributed by atoms with Crippen LogP contribution < -0.4 is 10.9 Å². The van der Waals surface area contributed by atoms with E-state index in [0.717, 1.165) is 58.3 Å². The van der Waals surface area contributed by atoms with E-state index >= 15 is 0 Å². The van der Waals surface area contributed by atoms with Crippen molar-refractivity contribution in [3.8, 4) is 0 Å². The van der Waals surface area contributed by atoms with Crippen LogP contribution in [0.3, 0.4) is 0 Å². The summed E-state index contributed by atoms with van der Waals surface area (Å²) in [5.74, 6) is 0.238. The fraction of sp³-hybridized carbons (Fsp3) is 0.650. The molecule has 2 saturated heterocycles. The van der Waals surface area contributed by atoms with E-state index in [1.807, 2.05) is 4.90 Å². The van der Waals surface area contributed by atoms with Gasteiger partial charge in [-0.15, -0.1) is 0 Å². The summed E-state index contributed by atoms with van der Waals surface area (Å²) in [6.07, 6.45) is 5.72. The van der Waals surface area contributed by atoms with E-state index in [4.69, 9.17) is 0 Å². The molecule has 1 unspecified atom stereocenters. The number of hydrogen-bond donors (Lipinski definition) is 2. The maximum absolute atomic E-state index is 13.8. The van der Waals surface area contributed by atoms with Crippen LogP contribution in [0.15, 0.2) is 18.2 Å². The SMILES string of the molecule is O=C(CCCC1CNNC1)N1CCCC(CCc2c(F)cccc2F)C1. The first kappa shape index (κ1) is 19.2. The van der Waals surface area contributed by atoms with Crippen LogP contribution in [0.2, 0.25) is 0 Å². The number of likely N-dealkylation sites (tertiary alicyclic amines) is 1. The van der Waals surface area contributed by atoms with Crippen LogP contribution >= 0.6 is 0 Å². The van der Waals surface area contributed by atoms with Crippen molar-refractivity contribution in [1.82, 2.24) is 15.8 Å². The molecule has 1 aromatic rings. The highest BCUT2D eigenvalue weighted by Crippen LogP contribution is 2.24. The van der Waals surface area contributed by atoms with Crippen molar-refractivity contribution in [3.63, 3.8) is 0 Å². The van der Waals surface area contributed by atoms with E-state index in [1.54, 1.807) is 0 Å². The van der Waals surface area contributed by atoms with Gasteiger partial charge in [0.1, 0.15) is 11.6 Å². The van der Waals surface area contributed by atoms with Crippen molar-refractivity contribution in [1.29, 1.82) is 0 Å². The number of nitrogens with zero attached hydrogens (tertiary/aromatic N) is 1. The highest BCUT2D eigenvalue weighted by Gasteiger charge is 2.24. The Balaban J connectivity index is 1.42. The van der Waals surface area contributed by atoms with Crippen molar-refractivity contribution < 1.29 is 13.6 Å². The molecule has 4 nitrogen and oxygen atoms in total. The van der Waals surface area contributed by atoms with Crippen molar-refractivity contribution >= 4 is 5.91 Å². The Kier molecular flexibility index (Phi) is 6.97. The molecular formula is C20H29F2N3O. The number of nitrogens with one attached hydrogen (secondary N) is 2. The van der Waals surface area contributed by atoms with Crippen LogP contribution in [-0.4, -0.2) is 37.0 Å². The fourth-order valence-corrected chi connectivity index (χ4v) is 4.06. The second-order valence-electron chi connectivity index (χ2n) is 7.61. The van der Waals surface area contributed by atoms with Gasteiger partial charge >= 0.3 is 0 Å². The molecule has 6 heteroatoms. The molecule has 0 radical (unpaired) electrons. The normalized spacial score (nSPS) is 21.3. The molecular weight excluding hydrogens is 336 g/mol. The van der Waals surface area contributed by atoms with E-state index < -0.39 is 11.6 Å². The summed E-state index contributed by atoms with van der Waals surface area (Å²) in [6.45, 7) is 3.50. The first-order valence-corrected chi connectivity index (χ1v) is 9.80. The molecule has 2 N–H and O–H groups in total. The van der Waals surface area contributed by atoms with Crippen LogP contribution in [0.5, 0.6) is 0 Å². The van der Waals surface area contributed by atoms with Crippen LogP contribution in [0.4, 0.5) is 8.78 Å². The molecule has 144 valence electrons. The summed E-state index contributed by atoms with van der Waals surface area (Å²) in [5.41, 5.74) is 6.41. The molecule has 0 bridgehead atoms. The summed E-state index contributed by atoms with van der Waals surface area (Å²) in [6, 6.07) is 4.02. The van der Waals surface area contributed by atoms with E-state index in [1.165, 1.54) is 18.2 Å². The highest BCUT2D eigenvalue weighted by atomic mass is 19.1. The minimum Gasteiger partial charge on any atom is -0.342 e. The summed E-state index contributed by atoms with van der Waals surface area (Å²) in [7, 11) is 0. The Morgan fingerprint density at radius 1 is 1.12 bits per heavy atom. The molecule has 0 aliphatic carbocycles. The van der Waals surface area contributed by atoms with Gasteiger partial charge in [-0.05, 0) is 62.5 Å². The number of hydrazine groups is 1. The van der Waals surface area contributed by atoms with Crippen molar-refractivity contribution in [3.05, 3.63) is 35.4 Å². The van der Waals surface area contributed by atoms with Gasteiger partial charge in [0.05, 0.1) is 0 Å². The molecule has 2 heterocycles. The zero-order chi connectivity index (χ0) is 18.4. The highest BCUT2D eigenvalue weighted by molar-refractivity contribution is 5.76. The van der Waals surface area contributed by atoms with E-state index in [-0.39, 0.29) is 11.5 Å². The lowest BCUT2D eigenvalue weighted by molar-refractivity contribution is -0.133. The van der Waals surface area contributed by atoms with E-state index in [9.17, 15) is 13.6 Å². The Hall–Kier alpha value is -1.53. The second kappa shape index (κ2) is 9.42. The Labute approximate surface area is 154 Å². The summed E-state index contributed by atoms with van der Waals surface area (Å²) < 4.78 is 27.5. The number of carbonyl (C=O) groups is 1. The van der Waals surface area contributed by atoms with Gasteiger partial charge in [0.15, 0.2) is 0 Å². The molecule has 3 rings (SSSR count). The lowest BCUT2D eigenvalue weighted by Crippen LogP contribution is -2.40. The molecule has 0 spiro atoms. The van der Waals surface area contributed by atoms with Crippen molar-refractivity contribution in [2.24, 2.45) is 11.8 Å². The summed E-state index contributed by atoms with van der Waals surface area (Å²) in [4.78, 5) is 14.4. The Morgan fingerprint density at radius 2 is 1.85 bits per heavy atom. The molecule has 2 aliphatic heterocycles. The van der Waals surface area contributed by atoms with Gasteiger partial charge in [-0.2, -0.15) is 0 Å². The molecule has 0 saturated carbocycles. The number of piperidine rings is 1. The van der Waals surface area contributed by atoms with Crippen molar-refractivity contribution in [2.45, 2.75) is 44.9 Å². The minimum absolute atomic E-state index is 0.176. The van der Waals surface area contributed by atoms with E-state index in [0.29, 0.717) is 24.7 Å². The standard InChI is InChI=1S/C20H29F2N3O/c21-18-6-2-7-19(22)17(18)10-9-15-5-3-11-25(14-15)20(26)8-1-4-16-12-23-24-13-16/h2,6-7,15-16,23-24H,1,3-5,8-14H2. The van der Waals surface area contributed by atoms with Crippen LogP contribution in [0, 0.1) is 23.5 Å². The van der Waals surface area contributed by atoms with Gasteiger partial charge in [-0.1, -0.05) is 6.07 Å². The van der Waals surface area contributed by atoms with Crippen molar-refractivity contribution in [2.75, 3.05) is 26.2 Å². The van der Waals surface area contributed by atoms with Gasteiger partial charge in [0.2, 0.25) is 5.91 Å². The largest absolute Gasteiger partial charge is 0.342 e. The number of hydrogen-bond acceptors (Lipinski definition) is 3. The fourth-order valence-electron chi connectivity index (χ4n) is 4.06.